The Balaban J connectivity index is 1.16. The number of carbonyl (C=O) groups excluding carboxylic acids is 1. The van der Waals surface area contributed by atoms with Gasteiger partial charge in [0.15, 0.2) is 18.4 Å². The van der Waals surface area contributed by atoms with Gasteiger partial charge >= 0.3 is 5.97 Å². The largest absolute Gasteiger partial charge is 0.481 e. The zero-order chi connectivity index (χ0) is 41.1. The molecule has 14 heteroatoms. The molecule has 0 amide bonds. The van der Waals surface area contributed by atoms with E-state index >= 15 is 0 Å². The minimum absolute atomic E-state index is 0.0192. The van der Waals surface area contributed by atoms with Crippen LogP contribution in [0.3, 0.4) is 0 Å². The molecular weight excluding hydrogens is 728 g/mol. The van der Waals surface area contributed by atoms with Crippen LogP contribution in [0.2, 0.25) is 0 Å². The number of allylic oxidation sites excluding steroid dienone is 2. The summed E-state index contributed by atoms with van der Waals surface area (Å²) < 4.78 is 24.3. The van der Waals surface area contributed by atoms with Crippen LogP contribution in [-0.4, -0.2) is 133 Å². The van der Waals surface area contributed by atoms with Gasteiger partial charge in [-0.05, 0) is 110 Å². The Morgan fingerprint density at radius 1 is 0.750 bits per heavy atom. The predicted octanol–water partition coefficient (Wildman–Crippen LogP) is 2.06. The second-order valence-corrected chi connectivity index (χ2v) is 20.5. The maximum absolute atomic E-state index is 14.8. The van der Waals surface area contributed by atoms with E-state index in [9.17, 15) is 50.4 Å². The molecule has 19 atom stereocenters. The molecule has 5 aliphatic carbocycles. The van der Waals surface area contributed by atoms with Crippen LogP contribution in [0.25, 0.3) is 0 Å². The summed E-state index contributed by atoms with van der Waals surface area (Å²) in [6, 6.07) is 0. The molecule has 0 spiro atoms. The summed E-state index contributed by atoms with van der Waals surface area (Å²) >= 11 is 0. The van der Waals surface area contributed by atoms with Gasteiger partial charge in [0.25, 0.3) is 0 Å². The monoisotopic (exact) mass is 794 g/mol. The minimum Gasteiger partial charge on any atom is -0.481 e. The third-order valence-corrected chi connectivity index (χ3v) is 17.3. The van der Waals surface area contributed by atoms with Crippen LogP contribution in [0.5, 0.6) is 0 Å². The van der Waals surface area contributed by atoms with E-state index in [4.69, 9.17) is 18.9 Å². The molecule has 7 aliphatic rings. The normalized spacial score (nSPS) is 54.2. The molecule has 56 heavy (non-hydrogen) atoms. The Kier molecular flexibility index (Phi) is 10.9. The van der Waals surface area contributed by atoms with Gasteiger partial charge in [-0.15, -0.1) is 0 Å². The number of aliphatic carboxylic acids is 1. The average molecular weight is 795 g/mol. The van der Waals surface area contributed by atoms with Gasteiger partial charge in [0, 0.05) is 5.92 Å². The fraction of sp³-hybridized carbons (Fsp3) is 0.905. The van der Waals surface area contributed by atoms with E-state index in [1.165, 1.54) is 0 Å². The fourth-order valence-corrected chi connectivity index (χ4v) is 13.4. The Morgan fingerprint density at radius 2 is 1.36 bits per heavy atom. The highest BCUT2D eigenvalue weighted by molar-refractivity contribution is 5.95. The second-order valence-electron chi connectivity index (χ2n) is 20.5. The molecule has 2 heterocycles. The molecule has 0 aromatic heterocycles. The van der Waals surface area contributed by atoms with Crippen molar-refractivity contribution in [3.8, 4) is 0 Å². The highest BCUT2D eigenvalue weighted by Gasteiger charge is 2.70. The number of aliphatic hydroxyl groups is 7. The number of ketones is 1. The summed E-state index contributed by atoms with van der Waals surface area (Å²) in [6.45, 7) is 13.9. The molecule has 0 aromatic carbocycles. The van der Waals surface area contributed by atoms with Crippen LogP contribution in [-0.2, 0) is 28.5 Å². The number of hydrogen-bond acceptors (Lipinski definition) is 13. The van der Waals surface area contributed by atoms with Gasteiger partial charge in [-0.25, -0.2) is 0 Å². The molecule has 7 rings (SSSR count). The van der Waals surface area contributed by atoms with Gasteiger partial charge in [0.05, 0.1) is 24.7 Å². The first-order chi connectivity index (χ1) is 26.0. The van der Waals surface area contributed by atoms with Crippen molar-refractivity contribution in [3.05, 3.63) is 11.6 Å². The molecule has 0 aromatic rings. The maximum Gasteiger partial charge on any atom is 0.309 e. The summed E-state index contributed by atoms with van der Waals surface area (Å²) in [5, 5.41) is 83.6. The first-order valence-electron chi connectivity index (χ1n) is 20.8. The molecule has 8 N–H and O–H groups in total. The zero-order valence-corrected chi connectivity index (χ0v) is 34.0. The van der Waals surface area contributed by atoms with Gasteiger partial charge in [0.2, 0.25) is 0 Å². The molecule has 2 aliphatic heterocycles. The molecule has 2 saturated heterocycles. The summed E-state index contributed by atoms with van der Waals surface area (Å²) in [6.07, 6.45) is -7.28. The highest BCUT2D eigenvalue weighted by Crippen LogP contribution is 2.75. The van der Waals surface area contributed by atoms with Crippen molar-refractivity contribution >= 4 is 11.8 Å². The standard InChI is InChI=1S/C42H66O14/c1-37(2)25-8-11-42(7)33(22(45)16-20-21-17-39(4,36(51)52)13-12-38(21,3)14-15-41(20,42)6)40(25,5)10-9-26(37)55-35-32(30(49)28(47)24(19-44)54-35)56-34-31(50)29(48)27(46)23(18-43)53-34/h16,21,23-35,43-44,46-50H,8-15,17-19H2,1-7H3,(H,51,52)/t21?,23-,24-,25?,26?,27-,28-,29+,30+,31-,32-,33?,34+,35+,38-,39+,40+,41?,42-/m1/s1. The SMILES string of the molecule is CC1(C)C(O[C@@H]2O[C@H](CO)[C@@H](O)[C@H](O)[C@H]2O[C@@H]2O[C@H](CO)[C@@H](O)[C@H](O)[C@H]2O)CC[C@@]2(C)C1CC[C@]1(C)C2C(=O)C=C2C3C[C@@](C)(C(=O)O)CC[C@]3(C)CCC21C. The van der Waals surface area contributed by atoms with Gasteiger partial charge < -0.3 is 59.8 Å². The predicted molar refractivity (Wildman–Crippen MR) is 198 cm³/mol. The fourth-order valence-electron chi connectivity index (χ4n) is 13.4. The van der Waals surface area contributed by atoms with Gasteiger partial charge in [-0.2, -0.15) is 0 Å². The molecular formula is C42H66O14. The molecule has 6 fully saturated rings. The van der Waals surface area contributed by atoms with E-state index in [1.807, 2.05) is 13.0 Å². The number of carboxylic acid groups (broad SMARTS) is 1. The van der Waals surface area contributed by atoms with E-state index in [0.717, 1.165) is 37.7 Å². The molecule has 4 saturated carbocycles. The van der Waals surface area contributed by atoms with E-state index in [1.54, 1.807) is 0 Å². The number of carbonyl (C=O) groups is 2. The Morgan fingerprint density at radius 3 is 1.98 bits per heavy atom. The van der Waals surface area contributed by atoms with Crippen molar-refractivity contribution in [3.63, 3.8) is 0 Å². The lowest BCUT2D eigenvalue weighted by Crippen LogP contribution is -2.68. The first-order valence-corrected chi connectivity index (χ1v) is 20.8. The number of aliphatic hydroxyl groups excluding tert-OH is 7. The second kappa shape index (κ2) is 14.3. The van der Waals surface area contributed by atoms with Crippen molar-refractivity contribution in [1.82, 2.24) is 0 Å². The van der Waals surface area contributed by atoms with Crippen LogP contribution in [0.15, 0.2) is 11.6 Å². The van der Waals surface area contributed by atoms with Crippen LogP contribution in [0, 0.1) is 50.2 Å². The summed E-state index contributed by atoms with van der Waals surface area (Å²) in [4.78, 5) is 27.3. The van der Waals surface area contributed by atoms with Gasteiger partial charge in [-0.3, -0.25) is 9.59 Å². The van der Waals surface area contributed by atoms with Crippen molar-refractivity contribution in [2.75, 3.05) is 13.2 Å². The van der Waals surface area contributed by atoms with Gasteiger partial charge in [0.1, 0.15) is 48.8 Å². The first kappa shape index (κ1) is 42.6. The molecule has 0 bridgehead atoms. The number of hydrogen-bond donors (Lipinski definition) is 8. The summed E-state index contributed by atoms with van der Waals surface area (Å²) in [7, 11) is 0. The maximum atomic E-state index is 14.8. The summed E-state index contributed by atoms with van der Waals surface area (Å²) in [5.74, 6) is -0.873. The van der Waals surface area contributed by atoms with Crippen molar-refractivity contribution in [2.45, 2.75) is 174 Å². The summed E-state index contributed by atoms with van der Waals surface area (Å²) in [5.41, 5.74) is -1.32. The lowest BCUT2D eigenvalue weighted by atomic mass is 9.33. The van der Waals surface area contributed by atoms with Crippen molar-refractivity contribution in [2.24, 2.45) is 50.2 Å². The molecule has 318 valence electrons. The van der Waals surface area contributed by atoms with E-state index in [-0.39, 0.29) is 39.8 Å². The van der Waals surface area contributed by atoms with Crippen LogP contribution < -0.4 is 0 Å². The smallest absolute Gasteiger partial charge is 0.309 e. The number of rotatable bonds is 7. The Labute approximate surface area is 329 Å². The van der Waals surface area contributed by atoms with Gasteiger partial charge in [-0.1, -0.05) is 47.1 Å². The lowest BCUT2D eigenvalue weighted by Gasteiger charge is -2.70. The Hall–Kier alpha value is -1.56. The molecule has 5 unspecified atom stereocenters. The van der Waals surface area contributed by atoms with Crippen LogP contribution >= 0.6 is 0 Å². The van der Waals surface area contributed by atoms with E-state index < -0.39 is 103 Å². The third-order valence-electron chi connectivity index (χ3n) is 17.3. The number of ether oxygens (including phenoxy) is 4. The van der Waals surface area contributed by atoms with E-state index in [0.29, 0.717) is 25.7 Å². The Bertz CT molecular complexity index is 1570. The van der Waals surface area contributed by atoms with Crippen molar-refractivity contribution in [1.29, 1.82) is 0 Å². The lowest BCUT2D eigenvalue weighted by molar-refractivity contribution is -0.378. The minimum atomic E-state index is -1.78. The molecule has 0 radical (unpaired) electrons. The number of carboxylic acids is 1. The molecule has 14 nitrogen and oxygen atoms in total. The quantitative estimate of drug-likeness (QED) is 0.173. The zero-order valence-electron chi connectivity index (χ0n) is 34.0. The van der Waals surface area contributed by atoms with E-state index in [2.05, 4.69) is 41.5 Å². The average Bonchev–Trinajstić information content (AvgIpc) is 3.13. The third kappa shape index (κ3) is 6.13. The van der Waals surface area contributed by atoms with Crippen LogP contribution in [0.1, 0.15) is 106 Å². The van der Waals surface area contributed by atoms with Crippen LogP contribution in [0.4, 0.5) is 0 Å². The number of fused-ring (bicyclic) bond motifs is 7. The van der Waals surface area contributed by atoms with Crippen molar-refractivity contribution < 1.29 is 69.4 Å². The highest BCUT2D eigenvalue weighted by atomic mass is 16.8. The topological polar surface area (TPSA) is 233 Å².